The average Bonchev–Trinajstić information content (AvgIpc) is 2.65. The third-order valence-corrected chi connectivity index (χ3v) is 5.61. The Hall–Kier alpha value is -2.34. The normalized spacial score (nSPS) is 12.0. The van der Waals surface area contributed by atoms with Crippen molar-refractivity contribution in [2.75, 3.05) is 25.9 Å². The number of guanidine groups is 1. The van der Waals surface area contributed by atoms with E-state index in [1.54, 1.807) is 7.05 Å². The van der Waals surface area contributed by atoms with Crippen molar-refractivity contribution in [2.24, 2.45) is 4.99 Å². The summed E-state index contributed by atoms with van der Waals surface area (Å²) in [7, 11) is -1.38. The molecular formula is C20H27N3O2S. The molecule has 2 rings (SSSR count). The summed E-state index contributed by atoms with van der Waals surface area (Å²) in [5.41, 5.74) is 2.10. The minimum absolute atomic E-state index is 0.0951. The van der Waals surface area contributed by atoms with Gasteiger partial charge in [0.2, 0.25) is 0 Å². The van der Waals surface area contributed by atoms with Crippen LogP contribution in [0.2, 0.25) is 0 Å². The van der Waals surface area contributed by atoms with Crippen molar-refractivity contribution in [3.8, 4) is 0 Å². The lowest BCUT2D eigenvalue weighted by molar-refractivity contribution is 0.591. The number of hydrogen-bond donors (Lipinski definition) is 2. The quantitative estimate of drug-likeness (QED) is 0.402. The number of hydrogen-bond acceptors (Lipinski definition) is 3. The van der Waals surface area contributed by atoms with Crippen LogP contribution >= 0.6 is 0 Å². The van der Waals surface area contributed by atoms with Crippen LogP contribution in [0.15, 0.2) is 65.7 Å². The van der Waals surface area contributed by atoms with Gasteiger partial charge in [0.1, 0.15) is 0 Å². The van der Waals surface area contributed by atoms with E-state index >= 15 is 0 Å². The van der Waals surface area contributed by atoms with Crippen LogP contribution < -0.4 is 10.6 Å². The Morgan fingerprint density at radius 1 is 0.885 bits per heavy atom. The fourth-order valence-corrected chi connectivity index (χ4v) is 4.02. The van der Waals surface area contributed by atoms with Gasteiger partial charge in [-0.05, 0) is 24.0 Å². The molecule has 5 nitrogen and oxygen atoms in total. The predicted octanol–water partition coefficient (Wildman–Crippen LogP) is 2.40. The van der Waals surface area contributed by atoms with Crippen molar-refractivity contribution in [1.82, 2.24) is 10.6 Å². The molecule has 0 aliphatic rings. The second-order valence-electron chi connectivity index (χ2n) is 6.09. The summed E-state index contributed by atoms with van der Waals surface area (Å²) >= 11 is 0. The first kappa shape index (κ1) is 20.0. The van der Waals surface area contributed by atoms with Crippen LogP contribution in [-0.4, -0.2) is 40.3 Å². The van der Waals surface area contributed by atoms with E-state index in [2.05, 4.69) is 27.8 Å². The molecule has 0 unspecified atom stereocenters. The molecule has 0 radical (unpaired) electrons. The van der Waals surface area contributed by atoms with Gasteiger partial charge in [-0.2, -0.15) is 0 Å². The van der Waals surface area contributed by atoms with E-state index in [0.29, 0.717) is 18.9 Å². The molecular weight excluding hydrogens is 346 g/mol. The van der Waals surface area contributed by atoms with Crippen molar-refractivity contribution < 1.29 is 8.42 Å². The smallest absolute Gasteiger partial charge is 0.190 e. The third kappa shape index (κ3) is 7.70. The molecule has 0 aromatic heterocycles. The minimum Gasteiger partial charge on any atom is -0.356 e. The first-order chi connectivity index (χ1) is 12.6. The zero-order valence-electron chi connectivity index (χ0n) is 15.2. The molecule has 0 saturated carbocycles. The first-order valence-electron chi connectivity index (χ1n) is 8.82. The maximum absolute atomic E-state index is 12.2. The molecule has 0 atom stereocenters. The maximum atomic E-state index is 12.2. The summed E-state index contributed by atoms with van der Waals surface area (Å²) in [6.45, 7) is 1.34. The molecule has 0 heterocycles. The first-order valence-corrected chi connectivity index (χ1v) is 10.6. The molecule has 2 N–H and O–H groups in total. The summed E-state index contributed by atoms with van der Waals surface area (Å²) in [4.78, 5) is 4.17. The summed E-state index contributed by atoms with van der Waals surface area (Å²) < 4.78 is 24.3. The highest BCUT2D eigenvalue weighted by Gasteiger charge is 2.11. The Kier molecular flexibility index (Phi) is 8.15. The fourth-order valence-electron chi connectivity index (χ4n) is 2.59. The highest BCUT2D eigenvalue weighted by Crippen LogP contribution is 2.06. The zero-order valence-corrected chi connectivity index (χ0v) is 16.0. The Morgan fingerprint density at radius 2 is 1.46 bits per heavy atom. The Morgan fingerprint density at radius 3 is 2.08 bits per heavy atom. The molecule has 0 saturated heterocycles. The summed E-state index contributed by atoms with van der Waals surface area (Å²) in [5, 5.41) is 6.41. The van der Waals surface area contributed by atoms with E-state index < -0.39 is 9.84 Å². The SMILES string of the molecule is CN=C(NCCCS(=O)(=O)Cc1ccccc1)NCCc1ccccc1. The van der Waals surface area contributed by atoms with E-state index in [9.17, 15) is 8.42 Å². The van der Waals surface area contributed by atoms with Crippen molar-refractivity contribution >= 4 is 15.8 Å². The number of aliphatic imine (C=N–C) groups is 1. The van der Waals surface area contributed by atoms with Gasteiger partial charge in [-0.25, -0.2) is 8.42 Å². The van der Waals surface area contributed by atoms with E-state index in [4.69, 9.17) is 0 Å². The van der Waals surface area contributed by atoms with Crippen LogP contribution in [0.5, 0.6) is 0 Å². The molecule has 0 amide bonds. The van der Waals surface area contributed by atoms with Gasteiger partial charge in [0.25, 0.3) is 0 Å². The van der Waals surface area contributed by atoms with Crippen LogP contribution in [0.3, 0.4) is 0 Å². The Balaban J connectivity index is 1.65. The molecule has 140 valence electrons. The van der Waals surface area contributed by atoms with Crippen molar-refractivity contribution in [3.63, 3.8) is 0 Å². The molecule has 0 aliphatic carbocycles. The van der Waals surface area contributed by atoms with Crippen LogP contribution in [0.1, 0.15) is 17.5 Å². The number of rotatable bonds is 9. The van der Waals surface area contributed by atoms with Gasteiger partial charge in [-0.15, -0.1) is 0 Å². The molecule has 0 fully saturated rings. The zero-order chi connectivity index (χ0) is 18.7. The lowest BCUT2D eigenvalue weighted by Gasteiger charge is -2.12. The van der Waals surface area contributed by atoms with Crippen LogP contribution in [0, 0.1) is 0 Å². The van der Waals surface area contributed by atoms with Gasteiger partial charge in [0.05, 0.1) is 11.5 Å². The molecule has 0 spiro atoms. The standard InChI is InChI=1S/C20H27N3O2S/c1-21-20(23-15-13-18-9-4-2-5-10-18)22-14-8-16-26(24,25)17-19-11-6-3-7-12-19/h2-7,9-12H,8,13-17H2,1H3,(H2,21,22,23). The number of nitrogens with one attached hydrogen (secondary N) is 2. The number of nitrogens with zero attached hydrogens (tertiary/aromatic N) is 1. The third-order valence-electron chi connectivity index (χ3n) is 3.93. The monoisotopic (exact) mass is 373 g/mol. The van der Waals surface area contributed by atoms with E-state index in [0.717, 1.165) is 18.5 Å². The molecule has 2 aromatic rings. The van der Waals surface area contributed by atoms with Gasteiger partial charge < -0.3 is 10.6 Å². The molecule has 0 aliphatic heterocycles. The van der Waals surface area contributed by atoms with Gasteiger partial charge in [-0.3, -0.25) is 4.99 Å². The summed E-state index contributed by atoms with van der Waals surface area (Å²) in [6.07, 6.45) is 1.46. The number of benzene rings is 2. The van der Waals surface area contributed by atoms with Crippen LogP contribution in [-0.2, 0) is 22.0 Å². The minimum atomic E-state index is -3.09. The molecule has 0 bridgehead atoms. The van der Waals surface area contributed by atoms with Gasteiger partial charge in [0.15, 0.2) is 15.8 Å². The Labute approximate surface area is 156 Å². The maximum Gasteiger partial charge on any atom is 0.190 e. The van der Waals surface area contributed by atoms with E-state index in [-0.39, 0.29) is 11.5 Å². The molecule has 2 aromatic carbocycles. The highest BCUT2D eigenvalue weighted by atomic mass is 32.2. The lowest BCUT2D eigenvalue weighted by Crippen LogP contribution is -2.39. The molecule has 6 heteroatoms. The second-order valence-corrected chi connectivity index (χ2v) is 8.28. The summed E-state index contributed by atoms with van der Waals surface area (Å²) in [5.74, 6) is 0.953. The van der Waals surface area contributed by atoms with Gasteiger partial charge in [0, 0.05) is 20.1 Å². The Bertz CT molecular complexity index is 775. The van der Waals surface area contributed by atoms with Gasteiger partial charge >= 0.3 is 0 Å². The fraction of sp³-hybridized carbons (Fsp3) is 0.350. The number of sulfone groups is 1. The van der Waals surface area contributed by atoms with Crippen molar-refractivity contribution in [1.29, 1.82) is 0 Å². The van der Waals surface area contributed by atoms with E-state index in [1.807, 2.05) is 48.5 Å². The van der Waals surface area contributed by atoms with Crippen molar-refractivity contribution in [3.05, 3.63) is 71.8 Å². The summed E-state index contributed by atoms with van der Waals surface area (Å²) in [6, 6.07) is 19.5. The second kappa shape index (κ2) is 10.6. The average molecular weight is 374 g/mol. The van der Waals surface area contributed by atoms with E-state index in [1.165, 1.54) is 5.56 Å². The highest BCUT2D eigenvalue weighted by molar-refractivity contribution is 7.90. The van der Waals surface area contributed by atoms with Crippen LogP contribution in [0.25, 0.3) is 0 Å². The predicted molar refractivity (Wildman–Crippen MR) is 108 cm³/mol. The van der Waals surface area contributed by atoms with Gasteiger partial charge in [-0.1, -0.05) is 60.7 Å². The van der Waals surface area contributed by atoms with Crippen LogP contribution in [0.4, 0.5) is 0 Å². The largest absolute Gasteiger partial charge is 0.356 e. The van der Waals surface area contributed by atoms with Crippen molar-refractivity contribution in [2.45, 2.75) is 18.6 Å². The molecule has 26 heavy (non-hydrogen) atoms. The lowest BCUT2D eigenvalue weighted by atomic mass is 10.1. The topological polar surface area (TPSA) is 70.6 Å².